The van der Waals surface area contributed by atoms with Gasteiger partial charge in [0, 0.05) is 13.1 Å². The van der Waals surface area contributed by atoms with Crippen LogP contribution in [0.25, 0.3) is 0 Å². The smallest absolute Gasteiger partial charge is 0.270 e. The van der Waals surface area contributed by atoms with E-state index in [4.69, 9.17) is 4.52 Å². The Morgan fingerprint density at radius 3 is 2.60 bits per heavy atom. The molecule has 0 radical (unpaired) electrons. The highest BCUT2D eigenvalue weighted by molar-refractivity contribution is 7.92. The van der Waals surface area contributed by atoms with Gasteiger partial charge in [0.05, 0.1) is 11.8 Å². The number of pyridine rings is 1. The van der Waals surface area contributed by atoms with E-state index in [9.17, 15) is 13.2 Å². The number of nitrogens with one attached hydrogen (secondary N) is 2. The first kappa shape index (κ1) is 13.9. The molecule has 20 heavy (non-hydrogen) atoms. The molecule has 2 aromatic rings. The number of aromatic nitrogens is 3. The molecule has 2 rings (SSSR count). The van der Waals surface area contributed by atoms with E-state index in [2.05, 4.69) is 25.2 Å². The van der Waals surface area contributed by atoms with Gasteiger partial charge in [-0.05, 0) is 17.3 Å². The van der Waals surface area contributed by atoms with Crippen LogP contribution in [-0.2, 0) is 10.0 Å². The highest BCUT2D eigenvalue weighted by atomic mass is 32.2. The van der Waals surface area contributed by atoms with Crippen molar-refractivity contribution in [2.24, 2.45) is 0 Å². The first-order valence-corrected chi connectivity index (χ1v) is 7.28. The van der Waals surface area contributed by atoms with Gasteiger partial charge in [-0.25, -0.2) is 13.4 Å². The number of anilines is 2. The van der Waals surface area contributed by atoms with Crippen LogP contribution >= 0.6 is 0 Å². The van der Waals surface area contributed by atoms with E-state index in [0.717, 1.165) is 6.26 Å². The molecule has 2 N–H and O–H groups in total. The van der Waals surface area contributed by atoms with E-state index in [1.165, 1.54) is 18.3 Å². The minimum Gasteiger partial charge on any atom is -0.338 e. The molecule has 0 bridgehead atoms. The summed E-state index contributed by atoms with van der Waals surface area (Å²) in [4.78, 5) is 19.4. The Hall–Kier alpha value is -2.49. The summed E-state index contributed by atoms with van der Waals surface area (Å²) in [5.74, 6) is 0.0145. The lowest BCUT2D eigenvalue weighted by Gasteiger charge is -2.04. The summed E-state index contributed by atoms with van der Waals surface area (Å²) in [6.45, 7) is 1.59. The fourth-order valence-electron chi connectivity index (χ4n) is 1.30. The fraction of sp³-hybridized carbons (Fsp3) is 0.200. The normalized spacial score (nSPS) is 11.1. The van der Waals surface area contributed by atoms with Crippen molar-refractivity contribution in [2.45, 2.75) is 6.92 Å². The standard InChI is InChI=1S/C10H11N5O4S/c1-6-12-10(14-19-6)13-9(16)7-3-4-8(11-5-7)15-20(2,17)18/h3-5H,1-2H3,(H,11,15)(H,13,14,16). The van der Waals surface area contributed by atoms with Gasteiger partial charge in [0.25, 0.3) is 11.9 Å². The maximum absolute atomic E-state index is 11.8. The second-order valence-electron chi connectivity index (χ2n) is 3.90. The predicted molar refractivity (Wildman–Crippen MR) is 69.7 cm³/mol. The monoisotopic (exact) mass is 297 g/mol. The molecule has 0 saturated heterocycles. The van der Waals surface area contributed by atoms with Crippen LogP contribution in [0, 0.1) is 6.92 Å². The highest BCUT2D eigenvalue weighted by Crippen LogP contribution is 2.09. The molecule has 0 aromatic carbocycles. The van der Waals surface area contributed by atoms with Crippen LogP contribution in [0.1, 0.15) is 16.2 Å². The SMILES string of the molecule is Cc1nc(NC(=O)c2ccc(NS(C)(=O)=O)nc2)no1. The zero-order valence-electron chi connectivity index (χ0n) is 10.6. The van der Waals surface area contributed by atoms with Crippen molar-refractivity contribution < 1.29 is 17.7 Å². The van der Waals surface area contributed by atoms with Crippen molar-refractivity contribution in [1.82, 2.24) is 15.1 Å². The number of carbonyl (C=O) groups excluding carboxylic acids is 1. The highest BCUT2D eigenvalue weighted by Gasteiger charge is 2.11. The fourth-order valence-corrected chi connectivity index (χ4v) is 1.80. The molecule has 0 aliphatic heterocycles. The molecule has 0 aliphatic rings. The predicted octanol–water partition coefficient (Wildman–Crippen LogP) is 0.397. The summed E-state index contributed by atoms with van der Waals surface area (Å²) in [6, 6.07) is 2.79. The van der Waals surface area contributed by atoms with E-state index in [1.54, 1.807) is 6.92 Å². The maximum Gasteiger partial charge on any atom is 0.270 e. The van der Waals surface area contributed by atoms with Gasteiger partial charge in [-0.2, -0.15) is 4.98 Å². The van der Waals surface area contributed by atoms with Crippen LogP contribution < -0.4 is 10.0 Å². The topological polar surface area (TPSA) is 127 Å². The van der Waals surface area contributed by atoms with Crippen molar-refractivity contribution in [3.05, 3.63) is 29.8 Å². The van der Waals surface area contributed by atoms with Gasteiger partial charge in [0.1, 0.15) is 5.82 Å². The molecule has 106 valence electrons. The van der Waals surface area contributed by atoms with Crippen molar-refractivity contribution in [3.63, 3.8) is 0 Å². The average molecular weight is 297 g/mol. The Bertz CT molecular complexity index is 722. The number of rotatable bonds is 4. The number of nitrogens with zero attached hydrogens (tertiary/aromatic N) is 3. The van der Waals surface area contributed by atoms with Crippen molar-refractivity contribution in [3.8, 4) is 0 Å². The molecule has 0 fully saturated rings. The molecule has 0 spiro atoms. The van der Waals surface area contributed by atoms with Crippen LogP contribution in [0.2, 0.25) is 0 Å². The molecular weight excluding hydrogens is 286 g/mol. The number of hydrogen-bond acceptors (Lipinski definition) is 7. The van der Waals surface area contributed by atoms with E-state index >= 15 is 0 Å². The lowest BCUT2D eigenvalue weighted by atomic mass is 10.2. The number of amides is 1. The van der Waals surface area contributed by atoms with Gasteiger partial charge in [0.15, 0.2) is 0 Å². The molecule has 1 amide bonds. The number of hydrogen-bond donors (Lipinski definition) is 2. The van der Waals surface area contributed by atoms with Crippen LogP contribution in [0.5, 0.6) is 0 Å². The lowest BCUT2D eigenvalue weighted by molar-refractivity contribution is 0.102. The van der Waals surface area contributed by atoms with Gasteiger partial charge in [-0.3, -0.25) is 14.8 Å². The van der Waals surface area contributed by atoms with Gasteiger partial charge in [0.2, 0.25) is 15.9 Å². The van der Waals surface area contributed by atoms with E-state index < -0.39 is 15.9 Å². The second kappa shape index (κ2) is 5.25. The molecule has 0 aliphatic carbocycles. The average Bonchev–Trinajstić information content (AvgIpc) is 2.73. The number of aryl methyl sites for hydroxylation is 1. The first-order valence-electron chi connectivity index (χ1n) is 5.39. The minimum atomic E-state index is -3.40. The van der Waals surface area contributed by atoms with Gasteiger partial charge in [-0.15, -0.1) is 0 Å². The Labute approximate surface area is 114 Å². The number of carbonyl (C=O) groups is 1. The quantitative estimate of drug-likeness (QED) is 0.835. The molecule has 2 aromatic heterocycles. The summed E-state index contributed by atoms with van der Waals surface area (Å²) in [6.07, 6.45) is 2.24. The summed E-state index contributed by atoms with van der Waals surface area (Å²) >= 11 is 0. The largest absolute Gasteiger partial charge is 0.338 e. The summed E-state index contributed by atoms with van der Waals surface area (Å²) in [7, 11) is -3.40. The maximum atomic E-state index is 11.8. The molecule has 0 atom stereocenters. The molecule has 2 heterocycles. The Morgan fingerprint density at radius 1 is 1.35 bits per heavy atom. The zero-order chi connectivity index (χ0) is 14.8. The summed E-state index contributed by atoms with van der Waals surface area (Å²) in [5, 5.41) is 5.93. The second-order valence-corrected chi connectivity index (χ2v) is 5.65. The third-order valence-electron chi connectivity index (χ3n) is 2.07. The van der Waals surface area contributed by atoms with Crippen molar-refractivity contribution in [1.29, 1.82) is 0 Å². The van der Waals surface area contributed by atoms with Gasteiger partial charge < -0.3 is 4.52 Å². The Balaban J connectivity index is 2.07. The molecule has 10 heteroatoms. The third-order valence-corrected chi connectivity index (χ3v) is 2.65. The van der Waals surface area contributed by atoms with Crippen molar-refractivity contribution in [2.75, 3.05) is 16.3 Å². The van der Waals surface area contributed by atoms with Crippen LogP contribution in [0.3, 0.4) is 0 Å². The molecule has 9 nitrogen and oxygen atoms in total. The molecule has 0 unspecified atom stereocenters. The first-order chi connectivity index (χ1) is 9.33. The Morgan fingerprint density at radius 2 is 2.10 bits per heavy atom. The summed E-state index contributed by atoms with van der Waals surface area (Å²) in [5.41, 5.74) is 0.228. The molecule has 0 saturated carbocycles. The Kier molecular flexibility index (Phi) is 3.66. The molecular formula is C10H11N5O4S. The van der Waals surface area contributed by atoms with E-state index in [-0.39, 0.29) is 17.3 Å². The van der Waals surface area contributed by atoms with Crippen molar-refractivity contribution >= 4 is 27.7 Å². The lowest BCUT2D eigenvalue weighted by Crippen LogP contribution is -2.14. The third kappa shape index (κ3) is 3.75. The van der Waals surface area contributed by atoms with E-state index in [1.807, 2.05) is 0 Å². The minimum absolute atomic E-state index is 0.0471. The number of sulfonamides is 1. The van der Waals surface area contributed by atoms with Crippen LogP contribution in [0.15, 0.2) is 22.9 Å². The van der Waals surface area contributed by atoms with Crippen LogP contribution in [0.4, 0.5) is 11.8 Å². The van der Waals surface area contributed by atoms with Crippen LogP contribution in [-0.4, -0.2) is 35.7 Å². The summed E-state index contributed by atoms with van der Waals surface area (Å²) < 4.78 is 28.9. The van der Waals surface area contributed by atoms with Gasteiger partial charge >= 0.3 is 0 Å². The zero-order valence-corrected chi connectivity index (χ0v) is 11.4. The van der Waals surface area contributed by atoms with Gasteiger partial charge in [-0.1, -0.05) is 0 Å². The van der Waals surface area contributed by atoms with E-state index in [0.29, 0.717) is 5.89 Å².